The van der Waals surface area contributed by atoms with Crippen molar-refractivity contribution < 1.29 is 9.53 Å². The summed E-state index contributed by atoms with van der Waals surface area (Å²) in [4.78, 5) is 12.3. The summed E-state index contributed by atoms with van der Waals surface area (Å²) < 4.78 is 7.83. The van der Waals surface area contributed by atoms with E-state index in [4.69, 9.17) is 27.9 Å². The van der Waals surface area contributed by atoms with Crippen LogP contribution in [0.4, 0.5) is 5.69 Å². The Hall–Kier alpha value is -2.22. The molecule has 9 heteroatoms. The van der Waals surface area contributed by atoms with Gasteiger partial charge < -0.3 is 14.6 Å². The lowest BCUT2D eigenvalue weighted by atomic mass is 10.1. The maximum Gasteiger partial charge on any atom is 0.234 e. The summed E-state index contributed by atoms with van der Waals surface area (Å²) in [6.45, 7) is 7.02. The number of thioether (sulfide) groups is 1. The first-order chi connectivity index (χ1) is 14.4. The van der Waals surface area contributed by atoms with Crippen LogP contribution in [-0.2, 0) is 17.9 Å². The summed E-state index contributed by atoms with van der Waals surface area (Å²) in [6.07, 6.45) is 0. The maximum atomic E-state index is 12.3. The van der Waals surface area contributed by atoms with Gasteiger partial charge in [0.2, 0.25) is 5.91 Å². The summed E-state index contributed by atoms with van der Waals surface area (Å²) in [7, 11) is 0. The normalized spacial score (nSPS) is 10.8. The van der Waals surface area contributed by atoms with E-state index in [1.54, 1.807) is 18.2 Å². The van der Waals surface area contributed by atoms with Crippen molar-refractivity contribution in [1.29, 1.82) is 0 Å². The standard InChI is InChI=1S/C21H22Cl2N4O2S/c1-4-27-18(11-29-15-9-13(2)8-14(3)10-15)25-26-21(27)30-12-19(28)24-20-16(22)6-5-7-17(20)23/h5-10H,4,11-12H2,1-3H3,(H,24,28). The zero-order valence-electron chi connectivity index (χ0n) is 16.9. The molecule has 0 saturated carbocycles. The molecule has 0 aliphatic carbocycles. The van der Waals surface area contributed by atoms with E-state index in [9.17, 15) is 4.79 Å². The lowest BCUT2D eigenvalue weighted by molar-refractivity contribution is -0.113. The summed E-state index contributed by atoms with van der Waals surface area (Å²) >= 11 is 13.5. The molecule has 0 atom stereocenters. The Morgan fingerprint density at radius 3 is 2.43 bits per heavy atom. The fraction of sp³-hybridized carbons (Fsp3) is 0.286. The molecule has 1 amide bonds. The van der Waals surface area contributed by atoms with E-state index in [1.807, 2.05) is 37.5 Å². The van der Waals surface area contributed by atoms with Crippen LogP contribution in [0, 0.1) is 13.8 Å². The molecule has 0 unspecified atom stereocenters. The third-order valence-electron chi connectivity index (χ3n) is 4.23. The molecule has 6 nitrogen and oxygen atoms in total. The average Bonchev–Trinajstić information content (AvgIpc) is 3.09. The molecule has 1 aromatic heterocycles. The van der Waals surface area contributed by atoms with E-state index < -0.39 is 0 Å². The van der Waals surface area contributed by atoms with Gasteiger partial charge in [-0.15, -0.1) is 10.2 Å². The van der Waals surface area contributed by atoms with Gasteiger partial charge >= 0.3 is 0 Å². The Bertz CT molecular complexity index is 1010. The van der Waals surface area contributed by atoms with E-state index >= 15 is 0 Å². The van der Waals surface area contributed by atoms with Crippen LogP contribution < -0.4 is 10.1 Å². The number of nitrogens with zero attached hydrogens (tertiary/aromatic N) is 3. The van der Waals surface area contributed by atoms with E-state index in [0.717, 1.165) is 16.9 Å². The molecular formula is C21H22Cl2N4O2S. The number of amides is 1. The fourth-order valence-corrected chi connectivity index (χ4v) is 4.25. The molecule has 0 radical (unpaired) electrons. The minimum absolute atomic E-state index is 0.150. The van der Waals surface area contributed by atoms with Gasteiger partial charge in [-0.2, -0.15) is 0 Å². The number of ether oxygens (including phenoxy) is 1. The first-order valence-electron chi connectivity index (χ1n) is 9.37. The molecule has 158 valence electrons. The van der Waals surface area contributed by atoms with E-state index in [2.05, 4.69) is 21.6 Å². The SMILES string of the molecule is CCn1c(COc2cc(C)cc(C)c2)nnc1SCC(=O)Nc1c(Cl)cccc1Cl. The first-order valence-corrected chi connectivity index (χ1v) is 11.1. The van der Waals surface area contributed by atoms with Crippen LogP contribution in [0.2, 0.25) is 10.0 Å². The number of aryl methyl sites for hydroxylation is 2. The van der Waals surface area contributed by atoms with Crippen LogP contribution in [0.25, 0.3) is 0 Å². The number of carbonyl (C=O) groups excluding carboxylic acids is 1. The number of nitrogens with one attached hydrogen (secondary N) is 1. The number of benzene rings is 2. The molecule has 2 aromatic carbocycles. The van der Waals surface area contributed by atoms with E-state index in [-0.39, 0.29) is 11.7 Å². The Balaban J connectivity index is 1.62. The maximum absolute atomic E-state index is 12.3. The zero-order chi connectivity index (χ0) is 21.7. The molecule has 0 fully saturated rings. The second-order valence-corrected chi connectivity index (χ2v) is 8.45. The summed E-state index contributed by atoms with van der Waals surface area (Å²) in [5.41, 5.74) is 2.69. The van der Waals surface area contributed by atoms with Gasteiger partial charge in [-0.25, -0.2) is 0 Å². The molecule has 1 heterocycles. The minimum atomic E-state index is -0.228. The van der Waals surface area contributed by atoms with Crippen molar-refractivity contribution in [2.24, 2.45) is 0 Å². The van der Waals surface area contributed by atoms with Crippen molar-refractivity contribution in [1.82, 2.24) is 14.8 Å². The third kappa shape index (κ3) is 5.68. The minimum Gasteiger partial charge on any atom is -0.486 e. The van der Waals surface area contributed by atoms with Crippen LogP contribution in [0.5, 0.6) is 5.75 Å². The van der Waals surface area contributed by atoms with Gasteiger partial charge in [0.15, 0.2) is 11.0 Å². The number of halogens is 2. The van der Waals surface area contributed by atoms with Crippen LogP contribution in [0.3, 0.4) is 0 Å². The predicted molar refractivity (Wildman–Crippen MR) is 122 cm³/mol. The summed E-state index contributed by atoms with van der Waals surface area (Å²) in [6, 6.07) is 11.1. The lowest BCUT2D eigenvalue weighted by Crippen LogP contribution is -2.15. The number of anilines is 1. The highest BCUT2D eigenvalue weighted by Crippen LogP contribution is 2.30. The Morgan fingerprint density at radius 2 is 1.80 bits per heavy atom. The summed E-state index contributed by atoms with van der Waals surface area (Å²) in [5.74, 6) is 1.42. The molecule has 30 heavy (non-hydrogen) atoms. The summed E-state index contributed by atoms with van der Waals surface area (Å²) in [5, 5.41) is 12.6. The highest BCUT2D eigenvalue weighted by molar-refractivity contribution is 7.99. The van der Waals surface area contributed by atoms with Crippen LogP contribution in [0.1, 0.15) is 23.9 Å². The van der Waals surface area contributed by atoms with Crippen LogP contribution >= 0.6 is 35.0 Å². The number of carbonyl (C=O) groups is 1. The van der Waals surface area contributed by atoms with Crippen LogP contribution in [0.15, 0.2) is 41.6 Å². The van der Waals surface area contributed by atoms with Gasteiger partial charge in [0.1, 0.15) is 12.4 Å². The largest absolute Gasteiger partial charge is 0.486 e. The number of hydrogen-bond acceptors (Lipinski definition) is 5. The van der Waals surface area contributed by atoms with Crippen molar-refractivity contribution in [2.75, 3.05) is 11.1 Å². The van der Waals surface area contributed by atoms with Gasteiger partial charge in [0.25, 0.3) is 0 Å². The van der Waals surface area contributed by atoms with E-state index in [1.165, 1.54) is 11.8 Å². The van der Waals surface area contributed by atoms with Crippen molar-refractivity contribution in [2.45, 2.75) is 39.1 Å². The monoisotopic (exact) mass is 464 g/mol. The molecule has 0 aliphatic heterocycles. The number of rotatable bonds is 8. The lowest BCUT2D eigenvalue weighted by Gasteiger charge is -2.11. The van der Waals surface area contributed by atoms with Gasteiger partial charge in [-0.3, -0.25) is 4.79 Å². The molecule has 3 rings (SSSR count). The van der Waals surface area contributed by atoms with Crippen molar-refractivity contribution in [3.63, 3.8) is 0 Å². The quantitative estimate of drug-likeness (QED) is 0.443. The molecule has 0 aliphatic rings. The fourth-order valence-electron chi connectivity index (χ4n) is 2.94. The number of aromatic nitrogens is 3. The van der Waals surface area contributed by atoms with Gasteiger partial charge in [-0.1, -0.05) is 47.1 Å². The second-order valence-electron chi connectivity index (χ2n) is 6.69. The van der Waals surface area contributed by atoms with Gasteiger partial charge in [-0.05, 0) is 56.2 Å². The third-order valence-corrected chi connectivity index (χ3v) is 5.83. The molecule has 1 N–H and O–H groups in total. The van der Waals surface area contributed by atoms with E-state index in [0.29, 0.717) is 39.9 Å². The Kier molecular flexibility index (Phi) is 7.64. The molecule has 3 aromatic rings. The predicted octanol–water partition coefficient (Wildman–Crippen LogP) is 5.53. The molecule has 0 saturated heterocycles. The highest BCUT2D eigenvalue weighted by Gasteiger charge is 2.15. The Morgan fingerprint density at radius 1 is 1.13 bits per heavy atom. The van der Waals surface area contributed by atoms with Gasteiger partial charge in [0.05, 0.1) is 21.5 Å². The second kappa shape index (κ2) is 10.2. The first kappa shape index (κ1) is 22.5. The van der Waals surface area contributed by atoms with Crippen molar-refractivity contribution >= 4 is 46.6 Å². The van der Waals surface area contributed by atoms with Crippen LogP contribution in [-0.4, -0.2) is 26.4 Å². The van der Waals surface area contributed by atoms with Crippen molar-refractivity contribution in [3.8, 4) is 5.75 Å². The molecule has 0 spiro atoms. The average molecular weight is 465 g/mol. The molecule has 0 bridgehead atoms. The zero-order valence-corrected chi connectivity index (χ0v) is 19.2. The smallest absolute Gasteiger partial charge is 0.234 e. The number of para-hydroxylation sites is 1. The molecular weight excluding hydrogens is 443 g/mol. The Labute approximate surface area is 189 Å². The highest BCUT2D eigenvalue weighted by atomic mass is 35.5. The number of hydrogen-bond donors (Lipinski definition) is 1. The topological polar surface area (TPSA) is 69.0 Å². The van der Waals surface area contributed by atoms with Crippen molar-refractivity contribution in [3.05, 3.63) is 63.4 Å². The van der Waals surface area contributed by atoms with Gasteiger partial charge in [0, 0.05) is 6.54 Å².